The molecule has 0 aliphatic carbocycles. The van der Waals surface area contributed by atoms with Crippen molar-refractivity contribution >= 4 is 45.2 Å². The number of hydrogen-bond acceptors (Lipinski definition) is 8. The van der Waals surface area contributed by atoms with Crippen LogP contribution in [0, 0.1) is 6.92 Å². The molecule has 3 atom stereocenters. The fraction of sp³-hybridized carbons (Fsp3) is 0.565. The molecule has 2 aliphatic rings. The van der Waals surface area contributed by atoms with E-state index in [1.807, 2.05) is 50.1 Å². The van der Waals surface area contributed by atoms with Gasteiger partial charge in [0.05, 0.1) is 10.2 Å². The van der Waals surface area contributed by atoms with Crippen LogP contribution < -0.4 is 10.6 Å². The number of H-pyrrole nitrogens is 1. The highest BCUT2D eigenvalue weighted by Crippen LogP contribution is 2.37. The summed E-state index contributed by atoms with van der Waals surface area (Å²) in [5.41, 5.74) is 1.40. The number of thiophene rings is 1. The monoisotopic (exact) mass is 469 g/mol. The maximum absolute atomic E-state index is 12.9. The highest BCUT2D eigenvalue weighted by molar-refractivity contribution is 7.17. The second-order valence-corrected chi connectivity index (χ2v) is 10.9. The van der Waals surface area contributed by atoms with Crippen LogP contribution in [0.15, 0.2) is 17.5 Å². The SMILES string of the molecule is Cc1cc(Nc2nc(N[C@@H]3C[C@H]4CCC[C@@H](C3)N4C(=O)OC(C)(C)C)nc3ccsc23)n[nH]1. The fourth-order valence-corrected chi connectivity index (χ4v) is 5.69. The standard InChI is InChI=1S/C23H31N7O2S/c1-13-10-18(29-28-13)26-20-19-17(8-9-33-19)25-21(27-20)24-14-11-15-6-5-7-16(12-14)30(15)22(31)32-23(2,3)4/h8-10,14-16H,5-7,11-12H2,1-4H3,(H3,24,25,26,27,28,29)/t14-,15-,16+. The number of rotatable bonds is 4. The summed E-state index contributed by atoms with van der Waals surface area (Å²) in [7, 11) is 0. The van der Waals surface area contributed by atoms with E-state index >= 15 is 0 Å². The molecule has 5 heterocycles. The van der Waals surface area contributed by atoms with Crippen LogP contribution in [0.2, 0.25) is 0 Å². The number of carbonyl (C=O) groups is 1. The molecule has 1 amide bonds. The number of aromatic nitrogens is 4. The Bertz CT molecular complexity index is 1140. The first-order valence-corrected chi connectivity index (χ1v) is 12.5. The predicted molar refractivity (Wildman–Crippen MR) is 130 cm³/mol. The van der Waals surface area contributed by atoms with E-state index in [9.17, 15) is 4.79 Å². The molecule has 3 aromatic heterocycles. The van der Waals surface area contributed by atoms with E-state index < -0.39 is 5.60 Å². The minimum atomic E-state index is -0.486. The van der Waals surface area contributed by atoms with Gasteiger partial charge < -0.3 is 20.3 Å². The lowest BCUT2D eigenvalue weighted by Gasteiger charge is -2.48. The van der Waals surface area contributed by atoms with Crippen molar-refractivity contribution in [2.45, 2.75) is 83.5 Å². The van der Waals surface area contributed by atoms with Gasteiger partial charge in [0.15, 0.2) is 11.6 Å². The first-order chi connectivity index (χ1) is 15.7. The number of nitrogens with one attached hydrogen (secondary N) is 3. The Morgan fingerprint density at radius 2 is 2.00 bits per heavy atom. The number of anilines is 3. The summed E-state index contributed by atoms with van der Waals surface area (Å²) in [6.07, 6.45) is 4.69. The number of hydrogen-bond donors (Lipinski definition) is 3. The Morgan fingerprint density at radius 1 is 1.24 bits per heavy atom. The van der Waals surface area contributed by atoms with Crippen molar-refractivity contribution in [1.82, 2.24) is 25.1 Å². The fourth-order valence-electron chi connectivity index (χ4n) is 4.91. The largest absolute Gasteiger partial charge is 0.444 e. The van der Waals surface area contributed by atoms with Gasteiger partial charge >= 0.3 is 6.09 Å². The number of fused-ring (bicyclic) bond motifs is 3. The van der Waals surface area contributed by atoms with Gasteiger partial charge in [0.25, 0.3) is 0 Å². The zero-order valence-corrected chi connectivity index (χ0v) is 20.3. The molecule has 0 aromatic carbocycles. The van der Waals surface area contributed by atoms with Gasteiger partial charge in [-0.3, -0.25) is 5.10 Å². The van der Waals surface area contributed by atoms with Crippen LogP contribution in [-0.2, 0) is 4.74 Å². The molecule has 2 fully saturated rings. The molecule has 2 bridgehead atoms. The van der Waals surface area contributed by atoms with Crippen LogP contribution in [0.25, 0.3) is 10.2 Å². The van der Waals surface area contributed by atoms with Crippen LogP contribution >= 0.6 is 11.3 Å². The highest BCUT2D eigenvalue weighted by atomic mass is 32.1. The quantitative estimate of drug-likeness (QED) is 0.482. The number of aromatic amines is 1. The van der Waals surface area contributed by atoms with Crippen LogP contribution in [0.1, 0.15) is 58.6 Å². The van der Waals surface area contributed by atoms with Crippen LogP contribution in [0.5, 0.6) is 0 Å². The third kappa shape index (κ3) is 4.75. The second kappa shape index (κ2) is 8.48. The van der Waals surface area contributed by atoms with E-state index in [2.05, 4.69) is 20.8 Å². The van der Waals surface area contributed by atoms with Crippen LogP contribution in [0.3, 0.4) is 0 Å². The Morgan fingerprint density at radius 3 is 2.67 bits per heavy atom. The smallest absolute Gasteiger partial charge is 0.410 e. The molecule has 5 rings (SSSR count). The average Bonchev–Trinajstić information content (AvgIpc) is 3.35. The van der Waals surface area contributed by atoms with Crippen molar-refractivity contribution in [3.05, 3.63) is 23.2 Å². The third-order valence-corrected chi connectivity index (χ3v) is 7.08. The molecule has 0 radical (unpaired) electrons. The maximum Gasteiger partial charge on any atom is 0.410 e. The van der Waals surface area contributed by atoms with Gasteiger partial charge in [-0.05, 0) is 71.2 Å². The average molecular weight is 470 g/mol. The van der Waals surface area contributed by atoms with Crippen molar-refractivity contribution in [3.8, 4) is 0 Å². The molecule has 0 spiro atoms. The zero-order valence-electron chi connectivity index (χ0n) is 19.5. The molecular weight excluding hydrogens is 438 g/mol. The summed E-state index contributed by atoms with van der Waals surface area (Å²) >= 11 is 1.60. The molecule has 0 unspecified atom stereocenters. The Balaban J connectivity index is 1.34. The Hall–Kier alpha value is -2.88. The first kappa shape index (κ1) is 21.9. The van der Waals surface area contributed by atoms with Gasteiger partial charge in [-0.25, -0.2) is 9.78 Å². The van der Waals surface area contributed by atoms with Crippen LogP contribution in [0.4, 0.5) is 22.4 Å². The highest BCUT2D eigenvalue weighted by Gasteiger charge is 2.42. The molecule has 33 heavy (non-hydrogen) atoms. The number of aryl methyl sites for hydroxylation is 1. The van der Waals surface area contributed by atoms with E-state index in [0.717, 1.165) is 59.7 Å². The van der Waals surface area contributed by atoms with Gasteiger partial charge in [-0.2, -0.15) is 10.1 Å². The summed E-state index contributed by atoms with van der Waals surface area (Å²) in [6, 6.07) is 4.52. The van der Waals surface area contributed by atoms with Crippen molar-refractivity contribution in [2.24, 2.45) is 0 Å². The molecule has 0 saturated carbocycles. The third-order valence-electron chi connectivity index (χ3n) is 6.17. The van der Waals surface area contributed by atoms with E-state index in [1.165, 1.54) is 0 Å². The lowest BCUT2D eigenvalue weighted by molar-refractivity contribution is -0.0199. The van der Waals surface area contributed by atoms with Gasteiger partial charge in [-0.1, -0.05) is 0 Å². The predicted octanol–water partition coefficient (Wildman–Crippen LogP) is 5.20. The lowest BCUT2D eigenvalue weighted by atomic mass is 9.82. The van der Waals surface area contributed by atoms with Gasteiger partial charge in [-0.15, -0.1) is 11.3 Å². The summed E-state index contributed by atoms with van der Waals surface area (Å²) in [4.78, 5) is 24.4. The van der Waals surface area contributed by atoms with E-state index in [0.29, 0.717) is 5.95 Å². The number of carbonyl (C=O) groups excluding carboxylic acids is 1. The Labute approximate surface area is 197 Å². The summed E-state index contributed by atoms with van der Waals surface area (Å²) in [6.45, 7) is 7.72. The van der Waals surface area contributed by atoms with E-state index in [4.69, 9.17) is 14.7 Å². The van der Waals surface area contributed by atoms with Crippen LogP contribution in [-0.4, -0.2) is 54.9 Å². The van der Waals surface area contributed by atoms with Gasteiger partial charge in [0.1, 0.15) is 5.60 Å². The van der Waals surface area contributed by atoms with E-state index in [1.54, 1.807) is 11.3 Å². The number of ether oxygens (including phenoxy) is 1. The molecule has 2 saturated heterocycles. The minimum Gasteiger partial charge on any atom is -0.444 e. The molecule has 2 aliphatic heterocycles. The van der Waals surface area contributed by atoms with Crippen molar-refractivity contribution < 1.29 is 9.53 Å². The van der Waals surface area contributed by atoms with E-state index in [-0.39, 0.29) is 24.2 Å². The normalized spacial score (nSPS) is 22.9. The van der Waals surface area contributed by atoms with Gasteiger partial charge in [0.2, 0.25) is 5.95 Å². The Kier molecular flexibility index (Phi) is 5.64. The van der Waals surface area contributed by atoms with Crippen molar-refractivity contribution in [1.29, 1.82) is 0 Å². The number of piperidine rings is 2. The zero-order chi connectivity index (χ0) is 23.2. The first-order valence-electron chi connectivity index (χ1n) is 11.6. The lowest BCUT2D eigenvalue weighted by Crippen LogP contribution is -2.58. The van der Waals surface area contributed by atoms with Crippen molar-refractivity contribution in [2.75, 3.05) is 10.6 Å². The van der Waals surface area contributed by atoms with Gasteiger partial charge in [0, 0.05) is 29.9 Å². The minimum absolute atomic E-state index is 0.180. The number of amides is 1. The molecule has 3 aromatic rings. The molecule has 176 valence electrons. The maximum atomic E-state index is 12.9. The molecule has 9 nitrogen and oxygen atoms in total. The molecule has 3 N–H and O–H groups in total. The summed E-state index contributed by atoms with van der Waals surface area (Å²) in [5.74, 6) is 2.08. The summed E-state index contributed by atoms with van der Waals surface area (Å²) in [5, 5.41) is 16.1. The molecule has 10 heteroatoms. The topological polar surface area (TPSA) is 108 Å². The van der Waals surface area contributed by atoms with Crippen molar-refractivity contribution in [3.63, 3.8) is 0 Å². The summed E-state index contributed by atoms with van der Waals surface area (Å²) < 4.78 is 6.70. The molecular formula is C23H31N7O2S. The second-order valence-electron chi connectivity index (χ2n) is 10.0. The number of nitrogens with zero attached hydrogens (tertiary/aromatic N) is 4.